The summed E-state index contributed by atoms with van der Waals surface area (Å²) in [6.07, 6.45) is 2.81. The number of aromatic nitrogens is 2. The number of aliphatic hydroxyl groups excluding tert-OH is 1. The van der Waals surface area contributed by atoms with Gasteiger partial charge in [-0.3, -0.25) is 9.48 Å². The van der Waals surface area contributed by atoms with Gasteiger partial charge in [0.15, 0.2) is 0 Å². The minimum Gasteiger partial charge on any atom is -0.392 e. The Hall–Kier alpha value is -1.36. The number of amides is 1. The predicted molar refractivity (Wildman–Crippen MR) is 46.9 cm³/mol. The lowest BCUT2D eigenvalue weighted by Gasteiger charge is -2.06. The van der Waals surface area contributed by atoms with Crippen molar-refractivity contribution in [3.05, 3.63) is 18.5 Å². The van der Waals surface area contributed by atoms with Crippen LogP contribution in [0.2, 0.25) is 0 Å². The highest BCUT2D eigenvalue weighted by molar-refractivity contribution is 5.75. The van der Waals surface area contributed by atoms with E-state index in [0.717, 1.165) is 0 Å². The van der Waals surface area contributed by atoms with Crippen molar-refractivity contribution in [2.75, 3.05) is 6.54 Å². The number of hydrogen-bond donors (Lipinski definition) is 2. The Morgan fingerprint density at radius 3 is 3.08 bits per heavy atom. The first-order chi connectivity index (χ1) is 6.18. The summed E-state index contributed by atoms with van der Waals surface area (Å²) in [4.78, 5) is 11.1. The van der Waals surface area contributed by atoms with Crippen LogP contribution in [0.4, 0.5) is 0 Å². The Kier molecular flexibility index (Phi) is 3.45. The molecule has 1 amide bonds. The van der Waals surface area contributed by atoms with Crippen LogP contribution in [0.1, 0.15) is 6.92 Å². The zero-order valence-electron chi connectivity index (χ0n) is 7.47. The maximum absolute atomic E-state index is 11.1. The fourth-order valence-corrected chi connectivity index (χ4v) is 0.859. The van der Waals surface area contributed by atoms with Gasteiger partial charge in [-0.2, -0.15) is 5.10 Å². The van der Waals surface area contributed by atoms with E-state index in [1.165, 1.54) is 4.68 Å². The second-order valence-electron chi connectivity index (χ2n) is 2.86. The average molecular weight is 183 g/mol. The Labute approximate surface area is 76.4 Å². The van der Waals surface area contributed by atoms with Crippen molar-refractivity contribution in [1.82, 2.24) is 15.1 Å². The molecule has 1 atom stereocenters. The molecule has 1 aromatic heterocycles. The highest BCUT2D eigenvalue weighted by Crippen LogP contribution is 1.84. The first kappa shape index (κ1) is 9.73. The van der Waals surface area contributed by atoms with E-state index in [9.17, 15) is 4.79 Å². The Morgan fingerprint density at radius 2 is 2.54 bits per heavy atom. The van der Waals surface area contributed by atoms with Crippen molar-refractivity contribution < 1.29 is 9.90 Å². The number of carbonyl (C=O) groups excluding carboxylic acids is 1. The summed E-state index contributed by atoms with van der Waals surface area (Å²) in [6.45, 7) is 2.09. The van der Waals surface area contributed by atoms with E-state index in [1.54, 1.807) is 25.4 Å². The standard InChI is InChI=1S/C8H13N3O2/c1-7(12)5-9-8(13)6-11-4-2-3-10-11/h2-4,7,12H,5-6H2,1H3,(H,9,13)/t7-/m0/s1. The van der Waals surface area contributed by atoms with Crippen molar-refractivity contribution in [2.45, 2.75) is 19.6 Å². The van der Waals surface area contributed by atoms with Crippen molar-refractivity contribution >= 4 is 5.91 Å². The van der Waals surface area contributed by atoms with E-state index >= 15 is 0 Å². The second kappa shape index (κ2) is 4.61. The average Bonchev–Trinajstić information content (AvgIpc) is 2.53. The zero-order chi connectivity index (χ0) is 9.68. The summed E-state index contributed by atoms with van der Waals surface area (Å²) in [5.74, 6) is -0.149. The molecule has 0 aromatic carbocycles. The first-order valence-electron chi connectivity index (χ1n) is 4.10. The van der Waals surface area contributed by atoms with Crippen molar-refractivity contribution in [3.63, 3.8) is 0 Å². The molecule has 0 unspecified atom stereocenters. The molecule has 0 bridgehead atoms. The monoisotopic (exact) mass is 183 g/mol. The van der Waals surface area contributed by atoms with E-state index in [4.69, 9.17) is 5.11 Å². The highest BCUT2D eigenvalue weighted by atomic mass is 16.3. The summed E-state index contributed by atoms with van der Waals surface area (Å²) in [5, 5.41) is 15.3. The van der Waals surface area contributed by atoms with Gasteiger partial charge in [0.25, 0.3) is 0 Å². The van der Waals surface area contributed by atoms with Crippen LogP contribution in [-0.4, -0.2) is 33.4 Å². The number of aliphatic hydroxyl groups is 1. The maximum Gasteiger partial charge on any atom is 0.241 e. The molecular weight excluding hydrogens is 170 g/mol. The smallest absolute Gasteiger partial charge is 0.241 e. The molecule has 0 aliphatic rings. The Bertz CT molecular complexity index is 256. The lowest BCUT2D eigenvalue weighted by atomic mass is 10.4. The van der Waals surface area contributed by atoms with Crippen LogP contribution in [-0.2, 0) is 11.3 Å². The molecule has 13 heavy (non-hydrogen) atoms. The minimum atomic E-state index is -0.512. The van der Waals surface area contributed by atoms with Gasteiger partial charge < -0.3 is 10.4 Å². The van der Waals surface area contributed by atoms with Gasteiger partial charge in [0, 0.05) is 18.9 Å². The molecule has 2 N–H and O–H groups in total. The maximum atomic E-state index is 11.1. The minimum absolute atomic E-state index is 0.149. The fraction of sp³-hybridized carbons (Fsp3) is 0.500. The summed E-state index contributed by atoms with van der Waals surface area (Å²) in [6, 6.07) is 1.75. The molecule has 0 saturated carbocycles. The molecular formula is C8H13N3O2. The van der Waals surface area contributed by atoms with Gasteiger partial charge in [0.1, 0.15) is 6.54 Å². The summed E-state index contributed by atoms with van der Waals surface area (Å²) in [7, 11) is 0. The summed E-state index contributed by atoms with van der Waals surface area (Å²) < 4.78 is 1.53. The van der Waals surface area contributed by atoms with Crippen LogP contribution in [0.5, 0.6) is 0 Å². The molecule has 0 saturated heterocycles. The number of carbonyl (C=O) groups is 1. The molecule has 0 fully saturated rings. The Morgan fingerprint density at radius 1 is 1.77 bits per heavy atom. The molecule has 0 aliphatic heterocycles. The third-order valence-corrected chi connectivity index (χ3v) is 1.46. The van der Waals surface area contributed by atoms with Crippen LogP contribution in [0.15, 0.2) is 18.5 Å². The molecule has 1 heterocycles. The third-order valence-electron chi connectivity index (χ3n) is 1.46. The summed E-state index contributed by atoms with van der Waals surface area (Å²) in [5.41, 5.74) is 0. The lowest BCUT2D eigenvalue weighted by molar-refractivity contribution is -0.122. The molecule has 5 nitrogen and oxygen atoms in total. The van der Waals surface area contributed by atoms with Gasteiger partial charge in [0.2, 0.25) is 5.91 Å². The first-order valence-corrected chi connectivity index (χ1v) is 4.10. The van der Waals surface area contributed by atoms with Crippen LogP contribution >= 0.6 is 0 Å². The van der Waals surface area contributed by atoms with E-state index in [1.807, 2.05) is 0 Å². The molecule has 0 radical (unpaired) electrons. The number of nitrogens with one attached hydrogen (secondary N) is 1. The topological polar surface area (TPSA) is 67.2 Å². The van der Waals surface area contributed by atoms with Gasteiger partial charge >= 0.3 is 0 Å². The van der Waals surface area contributed by atoms with Crippen LogP contribution < -0.4 is 5.32 Å². The summed E-state index contributed by atoms with van der Waals surface area (Å²) >= 11 is 0. The van der Waals surface area contributed by atoms with Crippen LogP contribution in [0.25, 0.3) is 0 Å². The Balaban J connectivity index is 2.26. The quantitative estimate of drug-likeness (QED) is 0.653. The SMILES string of the molecule is C[C@H](O)CNC(=O)Cn1cccn1. The van der Waals surface area contributed by atoms with Gasteiger partial charge in [-0.25, -0.2) is 0 Å². The van der Waals surface area contributed by atoms with Gasteiger partial charge in [-0.1, -0.05) is 0 Å². The lowest BCUT2D eigenvalue weighted by Crippen LogP contribution is -2.33. The normalized spacial score (nSPS) is 12.5. The van der Waals surface area contributed by atoms with E-state index < -0.39 is 6.10 Å². The molecule has 0 spiro atoms. The molecule has 1 aromatic rings. The van der Waals surface area contributed by atoms with E-state index in [0.29, 0.717) is 0 Å². The molecule has 1 rings (SSSR count). The van der Waals surface area contributed by atoms with E-state index in [-0.39, 0.29) is 19.0 Å². The highest BCUT2D eigenvalue weighted by Gasteiger charge is 2.03. The van der Waals surface area contributed by atoms with Crippen LogP contribution in [0.3, 0.4) is 0 Å². The van der Waals surface area contributed by atoms with Crippen molar-refractivity contribution in [2.24, 2.45) is 0 Å². The van der Waals surface area contributed by atoms with Gasteiger partial charge in [-0.05, 0) is 13.0 Å². The van der Waals surface area contributed by atoms with Crippen molar-refractivity contribution in [3.8, 4) is 0 Å². The predicted octanol–water partition coefficient (Wildman–Crippen LogP) is -0.620. The number of nitrogens with zero attached hydrogens (tertiary/aromatic N) is 2. The molecule has 0 aliphatic carbocycles. The van der Waals surface area contributed by atoms with Crippen LogP contribution in [0, 0.1) is 0 Å². The van der Waals surface area contributed by atoms with Gasteiger partial charge in [0.05, 0.1) is 6.10 Å². The van der Waals surface area contributed by atoms with E-state index in [2.05, 4.69) is 10.4 Å². The van der Waals surface area contributed by atoms with Crippen molar-refractivity contribution in [1.29, 1.82) is 0 Å². The fourth-order valence-electron chi connectivity index (χ4n) is 0.859. The third kappa shape index (κ3) is 3.71. The molecule has 5 heteroatoms. The van der Waals surface area contributed by atoms with Gasteiger partial charge in [-0.15, -0.1) is 0 Å². The zero-order valence-corrected chi connectivity index (χ0v) is 7.47. The molecule has 72 valence electrons. The number of hydrogen-bond acceptors (Lipinski definition) is 3. The largest absolute Gasteiger partial charge is 0.392 e. The number of rotatable bonds is 4. The second-order valence-corrected chi connectivity index (χ2v) is 2.86.